The van der Waals surface area contributed by atoms with E-state index in [1.807, 2.05) is 0 Å². The summed E-state index contributed by atoms with van der Waals surface area (Å²) in [5.41, 5.74) is 11.7. The van der Waals surface area contributed by atoms with Crippen molar-refractivity contribution in [3.05, 3.63) is 52.7 Å². The third kappa shape index (κ3) is 3.22. The van der Waals surface area contributed by atoms with Crippen LogP contribution in [0.4, 0.5) is 5.69 Å². The number of nitrogens with one attached hydrogen (secondary N) is 2. The maximum atomic E-state index is 12.5. The van der Waals surface area contributed by atoms with Gasteiger partial charge >= 0.3 is 0 Å². The molecule has 2 amide bonds. The van der Waals surface area contributed by atoms with Gasteiger partial charge in [0, 0.05) is 22.8 Å². The molecule has 0 aliphatic heterocycles. The van der Waals surface area contributed by atoms with Crippen molar-refractivity contribution in [3.63, 3.8) is 0 Å². The van der Waals surface area contributed by atoms with Crippen molar-refractivity contribution in [1.82, 2.24) is 4.98 Å². The summed E-state index contributed by atoms with van der Waals surface area (Å²) in [6.07, 6.45) is 1.49. The normalized spacial score (nSPS) is 12.0. The third-order valence-corrected chi connectivity index (χ3v) is 5.05. The molecule has 0 bridgehead atoms. The summed E-state index contributed by atoms with van der Waals surface area (Å²) in [6.45, 7) is 0. The molecule has 10 heteroatoms. The van der Waals surface area contributed by atoms with Crippen molar-refractivity contribution in [3.8, 4) is 5.75 Å². The number of primary amides is 2. The second-order valence-electron chi connectivity index (χ2n) is 5.36. The van der Waals surface area contributed by atoms with Gasteiger partial charge in [-0.05, 0) is 30.3 Å². The van der Waals surface area contributed by atoms with E-state index in [1.165, 1.54) is 18.3 Å². The van der Waals surface area contributed by atoms with Crippen LogP contribution in [0, 0.1) is 0 Å². The van der Waals surface area contributed by atoms with Crippen LogP contribution in [0.25, 0.3) is 10.9 Å². The number of hydrogen-bond acceptors (Lipinski definition) is 4. The molecule has 0 saturated heterocycles. The molecule has 0 fully saturated rings. The molecule has 0 spiro atoms. The van der Waals surface area contributed by atoms with Gasteiger partial charge in [-0.15, -0.1) is 0 Å². The lowest BCUT2D eigenvalue weighted by atomic mass is 10.1. The minimum absolute atomic E-state index is 0.141. The van der Waals surface area contributed by atoms with Crippen molar-refractivity contribution < 1.29 is 18.9 Å². The fraction of sp³-hybridized carbons (Fsp3) is 0. The molecular formula is C16H13ClN4O4S. The fourth-order valence-electron chi connectivity index (χ4n) is 2.43. The van der Waals surface area contributed by atoms with E-state index < -0.39 is 28.5 Å². The molecule has 0 aliphatic rings. The van der Waals surface area contributed by atoms with Gasteiger partial charge in [0.25, 0.3) is 11.8 Å². The Balaban J connectivity index is 1.92. The van der Waals surface area contributed by atoms with Gasteiger partial charge in [-0.1, -0.05) is 11.6 Å². The summed E-state index contributed by atoms with van der Waals surface area (Å²) in [5.74, 6) is -1.92. The van der Waals surface area contributed by atoms with E-state index in [4.69, 9.17) is 23.1 Å². The monoisotopic (exact) mass is 392 g/mol. The Bertz CT molecular complexity index is 1080. The van der Waals surface area contributed by atoms with Crippen LogP contribution < -0.4 is 16.2 Å². The van der Waals surface area contributed by atoms with Crippen LogP contribution in [0.5, 0.6) is 5.75 Å². The predicted molar refractivity (Wildman–Crippen MR) is 98.5 cm³/mol. The number of aromatic nitrogens is 1. The van der Waals surface area contributed by atoms with Crippen molar-refractivity contribution in [2.24, 2.45) is 11.5 Å². The van der Waals surface area contributed by atoms with E-state index in [2.05, 4.69) is 9.71 Å². The molecule has 1 heterocycles. The number of hydrogen-bond donors (Lipinski definition) is 5. The molecular weight excluding hydrogens is 380 g/mol. The zero-order chi connectivity index (χ0) is 19.0. The summed E-state index contributed by atoms with van der Waals surface area (Å²) >= 11 is 5.85. The largest absolute Gasteiger partial charge is 0.506 e. The first-order valence-electron chi connectivity index (χ1n) is 7.19. The lowest BCUT2D eigenvalue weighted by Gasteiger charge is -2.09. The highest BCUT2D eigenvalue weighted by atomic mass is 35.5. The number of halogens is 1. The highest BCUT2D eigenvalue weighted by Crippen LogP contribution is 2.30. The average molecular weight is 393 g/mol. The highest BCUT2D eigenvalue weighted by molar-refractivity contribution is 7.86. The minimum Gasteiger partial charge on any atom is -0.506 e. The summed E-state index contributed by atoms with van der Waals surface area (Å²) in [7, 11) is -1.78. The number of aromatic hydroxyl groups is 1. The van der Waals surface area contributed by atoms with Crippen molar-refractivity contribution in [1.29, 1.82) is 0 Å². The molecule has 3 aromatic rings. The maximum absolute atomic E-state index is 12.5. The molecule has 1 unspecified atom stereocenters. The minimum atomic E-state index is -1.78. The Morgan fingerprint density at radius 3 is 2.46 bits per heavy atom. The Kier molecular flexibility index (Phi) is 4.58. The molecule has 1 atom stereocenters. The number of carbonyl (C=O) groups excluding carboxylic acids is 2. The summed E-state index contributed by atoms with van der Waals surface area (Å²) in [6, 6.07) is 7.40. The van der Waals surface area contributed by atoms with Gasteiger partial charge in [-0.25, -0.2) is 4.21 Å². The van der Waals surface area contributed by atoms with E-state index in [-0.39, 0.29) is 15.5 Å². The molecule has 26 heavy (non-hydrogen) atoms. The number of fused-ring (bicyclic) bond motifs is 1. The van der Waals surface area contributed by atoms with Crippen LogP contribution in [0.1, 0.15) is 20.7 Å². The average Bonchev–Trinajstić information content (AvgIpc) is 3.00. The van der Waals surface area contributed by atoms with Gasteiger partial charge in [-0.3, -0.25) is 9.59 Å². The molecule has 2 aromatic carbocycles. The first kappa shape index (κ1) is 17.8. The van der Waals surface area contributed by atoms with Gasteiger partial charge in [0.2, 0.25) is 0 Å². The standard InChI is InChI=1S/C16H13ClN4O4S/c17-12-5-8(4-10(14(12)22)15(18)23)26(25)21-7-1-2-9-11(16(19)24)6-20-13(9)3-7/h1-6,20-22H,(H2,18,23)(H2,19,24). The quantitative estimate of drug-likeness (QED) is 0.450. The number of phenols is 1. The molecule has 0 saturated carbocycles. The summed E-state index contributed by atoms with van der Waals surface area (Å²) < 4.78 is 15.3. The molecule has 1 aromatic heterocycles. The second-order valence-corrected chi connectivity index (χ2v) is 6.98. The van der Waals surface area contributed by atoms with Gasteiger partial charge in [0.1, 0.15) is 16.7 Å². The van der Waals surface area contributed by atoms with Crippen LogP contribution in [0.2, 0.25) is 5.02 Å². The second kappa shape index (κ2) is 6.70. The van der Waals surface area contributed by atoms with Crippen molar-refractivity contribution in [2.45, 2.75) is 4.90 Å². The molecule has 134 valence electrons. The lowest BCUT2D eigenvalue weighted by molar-refractivity contribution is 0.0990. The SMILES string of the molecule is NC(=O)c1cc(S(=O)Nc2ccc3c(C(N)=O)c[nH]c3c2)cc(Cl)c1O. The molecule has 0 aliphatic carbocycles. The van der Waals surface area contributed by atoms with Gasteiger partial charge in [0.05, 0.1) is 21.0 Å². The maximum Gasteiger partial charge on any atom is 0.252 e. The number of H-pyrrole nitrogens is 1. The van der Waals surface area contributed by atoms with Crippen molar-refractivity contribution in [2.75, 3.05) is 4.72 Å². The number of carbonyl (C=O) groups is 2. The van der Waals surface area contributed by atoms with Crippen LogP contribution in [0.15, 0.2) is 41.4 Å². The highest BCUT2D eigenvalue weighted by Gasteiger charge is 2.16. The van der Waals surface area contributed by atoms with E-state index >= 15 is 0 Å². The van der Waals surface area contributed by atoms with Crippen molar-refractivity contribution >= 4 is 51.0 Å². The number of aromatic amines is 1. The number of nitrogens with two attached hydrogens (primary N) is 2. The molecule has 0 radical (unpaired) electrons. The first-order valence-corrected chi connectivity index (χ1v) is 8.72. The van der Waals surface area contributed by atoms with E-state index in [9.17, 15) is 18.9 Å². The van der Waals surface area contributed by atoms with Crippen LogP contribution in [-0.4, -0.2) is 26.1 Å². The molecule has 8 nitrogen and oxygen atoms in total. The van der Waals surface area contributed by atoms with Gasteiger partial charge in [-0.2, -0.15) is 0 Å². The van der Waals surface area contributed by atoms with E-state index in [0.29, 0.717) is 22.2 Å². The lowest BCUT2D eigenvalue weighted by Crippen LogP contribution is -2.13. The van der Waals surface area contributed by atoms with E-state index in [1.54, 1.807) is 18.2 Å². The van der Waals surface area contributed by atoms with Gasteiger partial charge in [0.15, 0.2) is 0 Å². The summed E-state index contributed by atoms with van der Waals surface area (Å²) in [4.78, 5) is 25.8. The van der Waals surface area contributed by atoms with Crippen LogP contribution in [-0.2, 0) is 11.0 Å². The zero-order valence-corrected chi connectivity index (χ0v) is 14.6. The number of benzene rings is 2. The number of rotatable bonds is 5. The fourth-order valence-corrected chi connectivity index (χ4v) is 3.62. The van der Waals surface area contributed by atoms with E-state index in [0.717, 1.165) is 0 Å². The summed E-state index contributed by atoms with van der Waals surface area (Å²) in [5, 5.41) is 10.2. The smallest absolute Gasteiger partial charge is 0.252 e. The Morgan fingerprint density at radius 2 is 1.81 bits per heavy atom. The van der Waals surface area contributed by atoms with Crippen LogP contribution >= 0.6 is 11.6 Å². The first-order chi connectivity index (χ1) is 12.3. The number of amides is 2. The predicted octanol–water partition coefficient (Wildman–Crippen LogP) is 1.86. The topological polar surface area (TPSA) is 151 Å². The van der Waals surface area contributed by atoms with Gasteiger partial charge < -0.3 is 26.3 Å². The number of anilines is 1. The Labute approximate surface area is 154 Å². The molecule has 7 N–H and O–H groups in total. The van der Waals surface area contributed by atoms with Crippen LogP contribution in [0.3, 0.4) is 0 Å². The third-order valence-electron chi connectivity index (χ3n) is 3.67. The Morgan fingerprint density at radius 1 is 1.12 bits per heavy atom. The zero-order valence-electron chi connectivity index (χ0n) is 13.1. The Hall–Kier alpha value is -3.04. The molecule has 3 rings (SSSR count).